The minimum atomic E-state index is 0.755. The summed E-state index contributed by atoms with van der Waals surface area (Å²) in [5, 5.41) is 2.09. The molecule has 0 aliphatic carbocycles. The van der Waals surface area contributed by atoms with Crippen LogP contribution in [0.15, 0.2) is 17.5 Å². The summed E-state index contributed by atoms with van der Waals surface area (Å²) < 4.78 is 5.24. The molecule has 0 saturated carbocycles. The van der Waals surface area contributed by atoms with Crippen LogP contribution in [0.5, 0.6) is 0 Å². The second kappa shape index (κ2) is 3.42. The monoisotopic (exact) mass is 179 g/mol. The Bertz CT molecular complexity index is 299. The zero-order valence-corrected chi connectivity index (χ0v) is 7.69. The summed E-state index contributed by atoms with van der Waals surface area (Å²) in [6.45, 7) is 5.60. The number of rotatable bonds is 1. The summed E-state index contributed by atoms with van der Waals surface area (Å²) in [6, 6.07) is 2.14. The maximum absolute atomic E-state index is 5.24. The quantitative estimate of drug-likeness (QED) is 0.644. The van der Waals surface area contributed by atoms with E-state index >= 15 is 0 Å². The average molecular weight is 179 g/mol. The summed E-state index contributed by atoms with van der Waals surface area (Å²) in [5.74, 6) is 0. The topological polar surface area (TPSA) is 9.23 Å². The summed E-state index contributed by atoms with van der Waals surface area (Å²) in [6.07, 6.45) is 3.18. The van der Waals surface area contributed by atoms with Gasteiger partial charge in [-0.05, 0) is 35.9 Å². The van der Waals surface area contributed by atoms with Crippen molar-refractivity contribution < 1.29 is 4.74 Å². The van der Waals surface area contributed by atoms with Crippen LogP contribution in [0.1, 0.15) is 16.9 Å². The highest BCUT2D eigenvalue weighted by Crippen LogP contribution is 2.27. The number of thiophene rings is 1. The fraction of sp³-hybridized carbons (Fsp3) is 0.300. The molecule has 12 heavy (non-hydrogen) atoms. The molecule has 2 rings (SSSR count). The van der Waals surface area contributed by atoms with E-state index in [1.165, 1.54) is 16.0 Å². The van der Waals surface area contributed by atoms with E-state index in [4.69, 9.17) is 4.74 Å². The van der Waals surface area contributed by atoms with Crippen LogP contribution in [0.4, 0.5) is 0 Å². The summed E-state index contributed by atoms with van der Waals surface area (Å²) in [5.41, 5.74) is 2.70. The Morgan fingerprint density at radius 1 is 1.50 bits per heavy atom. The molecule has 0 unspecified atom stereocenters. The first-order valence-electron chi connectivity index (χ1n) is 4.04. The Hall–Kier alpha value is -0.600. The predicted octanol–water partition coefficient (Wildman–Crippen LogP) is 2.73. The van der Waals surface area contributed by atoms with Crippen molar-refractivity contribution in [1.29, 1.82) is 0 Å². The van der Waals surface area contributed by atoms with Gasteiger partial charge in [-0.3, -0.25) is 0 Å². The largest absolute Gasteiger partial charge is 0.377 e. The summed E-state index contributed by atoms with van der Waals surface area (Å²) in [4.78, 5) is 1.17. The molecule has 1 radical (unpaired) electrons. The average Bonchev–Trinajstić information content (AvgIpc) is 2.53. The highest BCUT2D eigenvalue weighted by molar-refractivity contribution is 7.10. The molecule has 0 N–H and O–H groups in total. The molecule has 0 amide bonds. The summed E-state index contributed by atoms with van der Waals surface area (Å²) >= 11 is 1.71. The first kappa shape index (κ1) is 8.02. The van der Waals surface area contributed by atoms with Gasteiger partial charge in [0.2, 0.25) is 0 Å². The van der Waals surface area contributed by atoms with E-state index < -0.39 is 0 Å². The standard InChI is InChI=1S/C10H11OS/c1-8-10(4-7-12-8)9-2-5-11-6-3-9/h2,4,7H,1,3,5-6H2. The van der Waals surface area contributed by atoms with Crippen molar-refractivity contribution >= 4 is 16.9 Å². The van der Waals surface area contributed by atoms with E-state index in [0.29, 0.717) is 0 Å². The van der Waals surface area contributed by atoms with Gasteiger partial charge in [0.05, 0.1) is 13.2 Å². The zero-order valence-electron chi connectivity index (χ0n) is 6.88. The van der Waals surface area contributed by atoms with E-state index in [9.17, 15) is 0 Å². The van der Waals surface area contributed by atoms with Gasteiger partial charge in [-0.2, -0.15) is 0 Å². The van der Waals surface area contributed by atoms with Crippen LogP contribution in [-0.4, -0.2) is 13.2 Å². The van der Waals surface area contributed by atoms with Crippen molar-refractivity contribution in [2.45, 2.75) is 6.42 Å². The van der Waals surface area contributed by atoms with Crippen LogP contribution < -0.4 is 0 Å². The normalized spacial score (nSPS) is 17.6. The lowest BCUT2D eigenvalue weighted by Crippen LogP contribution is -2.03. The first-order valence-corrected chi connectivity index (χ1v) is 4.92. The smallest absolute Gasteiger partial charge is 0.0653 e. The lowest BCUT2D eigenvalue weighted by Gasteiger charge is -2.12. The molecule has 1 aliphatic heterocycles. The molecule has 1 nitrogen and oxygen atoms in total. The van der Waals surface area contributed by atoms with Gasteiger partial charge in [0.25, 0.3) is 0 Å². The molecule has 1 aromatic heterocycles. The van der Waals surface area contributed by atoms with Gasteiger partial charge >= 0.3 is 0 Å². The Morgan fingerprint density at radius 2 is 2.42 bits per heavy atom. The van der Waals surface area contributed by atoms with Crippen molar-refractivity contribution in [3.63, 3.8) is 0 Å². The highest BCUT2D eigenvalue weighted by Gasteiger charge is 2.08. The lowest BCUT2D eigenvalue weighted by atomic mass is 10.0. The van der Waals surface area contributed by atoms with E-state index in [-0.39, 0.29) is 0 Å². The Kier molecular flexibility index (Phi) is 2.28. The third kappa shape index (κ3) is 1.45. The Morgan fingerprint density at radius 3 is 3.00 bits per heavy atom. The van der Waals surface area contributed by atoms with Gasteiger partial charge in [0, 0.05) is 4.88 Å². The van der Waals surface area contributed by atoms with E-state index in [2.05, 4.69) is 24.4 Å². The molecule has 0 aromatic carbocycles. The number of ether oxygens (including phenoxy) is 1. The van der Waals surface area contributed by atoms with Crippen LogP contribution in [-0.2, 0) is 4.74 Å². The van der Waals surface area contributed by atoms with Crippen LogP contribution in [0.25, 0.3) is 5.57 Å². The Labute approximate surface area is 76.7 Å². The van der Waals surface area contributed by atoms with E-state index in [0.717, 1.165) is 19.6 Å². The molecule has 0 fully saturated rings. The van der Waals surface area contributed by atoms with Crippen molar-refractivity contribution in [1.82, 2.24) is 0 Å². The van der Waals surface area contributed by atoms with Gasteiger partial charge in [-0.15, -0.1) is 11.3 Å². The maximum atomic E-state index is 5.24. The zero-order chi connectivity index (χ0) is 8.39. The minimum absolute atomic E-state index is 0.755. The Balaban J connectivity index is 2.29. The van der Waals surface area contributed by atoms with Crippen molar-refractivity contribution in [2.24, 2.45) is 0 Å². The lowest BCUT2D eigenvalue weighted by molar-refractivity contribution is 0.161. The number of hydrogen-bond acceptors (Lipinski definition) is 2. The van der Waals surface area contributed by atoms with Gasteiger partial charge < -0.3 is 4.74 Å². The fourth-order valence-corrected chi connectivity index (χ4v) is 2.09. The number of hydrogen-bond donors (Lipinski definition) is 0. The van der Waals surface area contributed by atoms with Gasteiger partial charge in [0.15, 0.2) is 0 Å². The van der Waals surface area contributed by atoms with Crippen molar-refractivity contribution in [3.05, 3.63) is 34.9 Å². The molecule has 2 heterocycles. The van der Waals surface area contributed by atoms with Crippen LogP contribution in [0.2, 0.25) is 0 Å². The minimum Gasteiger partial charge on any atom is -0.377 e. The van der Waals surface area contributed by atoms with Crippen molar-refractivity contribution in [2.75, 3.05) is 13.2 Å². The fourth-order valence-electron chi connectivity index (χ4n) is 1.40. The van der Waals surface area contributed by atoms with Gasteiger partial charge in [-0.25, -0.2) is 0 Å². The second-order valence-electron chi connectivity index (χ2n) is 2.81. The van der Waals surface area contributed by atoms with Crippen LogP contribution >= 0.6 is 11.3 Å². The molecule has 2 heteroatoms. The molecule has 0 bridgehead atoms. The van der Waals surface area contributed by atoms with Gasteiger partial charge in [0.1, 0.15) is 0 Å². The maximum Gasteiger partial charge on any atom is 0.0653 e. The third-order valence-corrected chi connectivity index (χ3v) is 2.83. The van der Waals surface area contributed by atoms with Crippen LogP contribution in [0, 0.1) is 6.92 Å². The molecule has 0 atom stereocenters. The van der Waals surface area contributed by atoms with Crippen molar-refractivity contribution in [3.8, 4) is 0 Å². The van der Waals surface area contributed by atoms with Gasteiger partial charge in [-0.1, -0.05) is 6.08 Å². The first-order chi connectivity index (χ1) is 5.88. The molecular weight excluding hydrogens is 168 g/mol. The SMILES string of the molecule is [CH2]c1sccc1C1=CCOCC1. The van der Waals surface area contributed by atoms with E-state index in [1.807, 2.05) is 0 Å². The molecule has 1 aliphatic rings. The molecule has 1 aromatic rings. The molecule has 63 valence electrons. The van der Waals surface area contributed by atoms with Crippen LogP contribution in [0.3, 0.4) is 0 Å². The summed E-state index contributed by atoms with van der Waals surface area (Å²) in [7, 11) is 0. The molecule has 0 spiro atoms. The van der Waals surface area contributed by atoms with E-state index in [1.54, 1.807) is 11.3 Å². The highest BCUT2D eigenvalue weighted by atomic mass is 32.1. The molecular formula is C10H11OS. The predicted molar refractivity (Wildman–Crippen MR) is 52.2 cm³/mol. The molecule has 0 saturated heterocycles. The third-order valence-electron chi connectivity index (χ3n) is 2.05. The second-order valence-corrected chi connectivity index (χ2v) is 3.81.